The maximum atomic E-state index is 13.1. The van der Waals surface area contributed by atoms with Crippen LogP contribution in [0.3, 0.4) is 0 Å². The number of fused-ring (bicyclic) bond motifs is 1. The normalized spacial score (nSPS) is 16.0. The first-order valence-corrected chi connectivity index (χ1v) is 13.1. The van der Waals surface area contributed by atoms with Gasteiger partial charge in [0.15, 0.2) is 5.88 Å². The van der Waals surface area contributed by atoms with Crippen LogP contribution in [-0.4, -0.2) is 55.3 Å². The summed E-state index contributed by atoms with van der Waals surface area (Å²) >= 11 is 0. The van der Waals surface area contributed by atoms with Gasteiger partial charge in [0.25, 0.3) is 10.0 Å². The minimum Gasteiger partial charge on any atom is -0.494 e. The van der Waals surface area contributed by atoms with Crippen molar-refractivity contribution in [2.24, 2.45) is 4.99 Å². The molecule has 7 nitrogen and oxygen atoms in total. The van der Waals surface area contributed by atoms with E-state index in [1.807, 2.05) is 36.4 Å². The largest absolute Gasteiger partial charge is 0.494 e. The summed E-state index contributed by atoms with van der Waals surface area (Å²) in [5.74, 6) is -0.0268. The molecule has 1 aromatic heterocycles. The number of nitrogens with one attached hydrogen (secondary N) is 2. The molecule has 1 aliphatic rings. The van der Waals surface area contributed by atoms with Gasteiger partial charge in [0.05, 0.1) is 22.2 Å². The highest BCUT2D eigenvalue weighted by Gasteiger charge is 2.24. The average Bonchev–Trinajstić information content (AvgIpc) is 3.19. The predicted molar refractivity (Wildman–Crippen MR) is 140 cm³/mol. The standard InChI is InChI=1S/C27H28N4O3S/c1-31-16-14-20(15-17-31)28-26(19-8-4-2-5-9-19)25-23-18-22(12-13-24(23)29-27(25)32)35(33,34)30-21-10-6-3-7-11-21/h2-13,18,20,29-30,32H,14-17H2,1H3. The highest BCUT2D eigenvalue weighted by molar-refractivity contribution is 7.92. The maximum absolute atomic E-state index is 13.1. The number of sulfonamides is 1. The van der Waals surface area contributed by atoms with Crippen molar-refractivity contribution in [1.29, 1.82) is 0 Å². The molecule has 4 aromatic rings. The van der Waals surface area contributed by atoms with E-state index in [9.17, 15) is 13.5 Å². The molecule has 3 aromatic carbocycles. The fraction of sp³-hybridized carbons (Fsp3) is 0.222. The number of aromatic amines is 1. The van der Waals surface area contributed by atoms with Crippen molar-refractivity contribution in [1.82, 2.24) is 9.88 Å². The second kappa shape index (κ2) is 9.56. The Labute approximate surface area is 205 Å². The number of rotatable bonds is 6. The second-order valence-corrected chi connectivity index (χ2v) is 10.6. The SMILES string of the molecule is CN1CCC(N=C(c2ccccc2)c2c(O)[nH]c3ccc(S(=O)(=O)Nc4ccccc4)cc23)CC1. The number of nitrogens with zero attached hydrogens (tertiary/aromatic N) is 2. The van der Waals surface area contributed by atoms with Gasteiger partial charge < -0.3 is 15.0 Å². The Balaban J connectivity index is 1.61. The summed E-state index contributed by atoms with van der Waals surface area (Å²) in [6, 6.07) is 23.4. The van der Waals surface area contributed by atoms with Gasteiger partial charge >= 0.3 is 0 Å². The number of para-hydroxylation sites is 1. The number of hydrogen-bond donors (Lipinski definition) is 3. The molecule has 0 bridgehead atoms. The molecule has 3 N–H and O–H groups in total. The lowest BCUT2D eigenvalue weighted by molar-refractivity contribution is 0.257. The summed E-state index contributed by atoms with van der Waals surface area (Å²) in [5, 5.41) is 11.6. The molecule has 8 heteroatoms. The Morgan fingerprint density at radius 1 is 1.00 bits per heavy atom. The number of piperidine rings is 1. The van der Waals surface area contributed by atoms with Crippen LogP contribution >= 0.6 is 0 Å². The van der Waals surface area contributed by atoms with Crippen molar-refractivity contribution in [2.45, 2.75) is 23.8 Å². The van der Waals surface area contributed by atoms with Gasteiger partial charge in [-0.25, -0.2) is 8.42 Å². The fourth-order valence-electron chi connectivity index (χ4n) is 4.47. The van der Waals surface area contributed by atoms with Crippen molar-refractivity contribution in [3.8, 4) is 5.88 Å². The third kappa shape index (κ3) is 4.94. The van der Waals surface area contributed by atoms with Crippen LogP contribution in [0.25, 0.3) is 10.9 Å². The Hall–Kier alpha value is -3.62. The van der Waals surface area contributed by atoms with E-state index >= 15 is 0 Å². The van der Waals surface area contributed by atoms with Gasteiger partial charge in [-0.05, 0) is 63.3 Å². The molecule has 35 heavy (non-hydrogen) atoms. The Morgan fingerprint density at radius 3 is 2.34 bits per heavy atom. The molecule has 2 heterocycles. The molecule has 180 valence electrons. The van der Waals surface area contributed by atoms with Gasteiger partial charge in [-0.3, -0.25) is 9.71 Å². The number of anilines is 1. The number of hydrogen-bond acceptors (Lipinski definition) is 5. The molecule has 0 aliphatic carbocycles. The lowest BCUT2D eigenvalue weighted by Crippen LogP contribution is -2.32. The van der Waals surface area contributed by atoms with E-state index in [2.05, 4.69) is 21.7 Å². The number of aliphatic imine (C=N–C) groups is 1. The summed E-state index contributed by atoms with van der Waals surface area (Å²) in [5.41, 5.74) is 3.18. The summed E-state index contributed by atoms with van der Waals surface area (Å²) in [6.45, 7) is 1.92. The highest BCUT2D eigenvalue weighted by Crippen LogP contribution is 2.33. The van der Waals surface area contributed by atoms with Gasteiger partial charge in [-0.15, -0.1) is 0 Å². The fourth-order valence-corrected chi connectivity index (χ4v) is 5.55. The zero-order valence-electron chi connectivity index (χ0n) is 19.5. The van der Waals surface area contributed by atoms with E-state index in [1.54, 1.807) is 36.4 Å². The molecule has 0 radical (unpaired) electrons. The zero-order valence-corrected chi connectivity index (χ0v) is 20.3. The predicted octanol–water partition coefficient (Wildman–Crippen LogP) is 4.61. The first-order chi connectivity index (χ1) is 16.9. The summed E-state index contributed by atoms with van der Waals surface area (Å²) in [4.78, 5) is 10.5. The Morgan fingerprint density at radius 2 is 1.66 bits per heavy atom. The van der Waals surface area contributed by atoms with Crippen LogP contribution in [0.4, 0.5) is 5.69 Å². The minimum atomic E-state index is -3.83. The monoisotopic (exact) mass is 488 g/mol. The van der Waals surface area contributed by atoms with Crippen LogP contribution in [-0.2, 0) is 10.0 Å². The van der Waals surface area contributed by atoms with E-state index in [1.165, 1.54) is 6.07 Å². The number of likely N-dealkylation sites (tertiary alicyclic amines) is 1. The number of benzene rings is 3. The van der Waals surface area contributed by atoms with Crippen LogP contribution in [0.1, 0.15) is 24.0 Å². The zero-order chi connectivity index (χ0) is 24.4. The van der Waals surface area contributed by atoms with Gasteiger partial charge in [0, 0.05) is 22.2 Å². The van der Waals surface area contributed by atoms with Gasteiger partial charge in [0.1, 0.15) is 0 Å². The molecular weight excluding hydrogens is 460 g/mol. The van der Waals surface area contributed by atoms with Crippen molar-refractivity contribution >= 4 is 32.3 Å². The van der Waals surface area contributed by atoms with Crippen molar-refractivity contribution in [3.63, 3.8) is 0 Å². The molecule has 1 fully saturated rings. The molecular formula is C27H28N4O3S. The van der Waals surface area contributed by atoms with Crippen LogP contribution in [0, 0.1) is 0 Å². The van der Waals surface area contributed by atoms with E-state index in [0.29, 0.717) is 27.9 Å². The highest BCUT2D eigenvalue weighted by atomic mass is 32.2. The van der Waals surface area contributed by atoms with E-state index < -0.39 is 10.0 Å². The van der Waals surface area contributed by atoms with Gasteiger partial charge in [-0.2, -0.15) is 0 Å². The van der Waals surface area contributed by atoms with Gasteiger partial charge in [0.2, 0.25) is 0 Å². The van der Waals surface area contributed by atoms with Gasteiger partial charge in [-0.1, -0.05) is 48.5 Å². The number of aromatic hydroxyl groups is 1. The molecule has 0 spiro atoms. The third-order valence-electron chi connectivity index (χ3n) is 6.37. The minimum absolute atomic E-state index is 0.0268. The van der Waals surface area contributed by atoms with Crippen LogP contribution in [0.15, 0.2) is 88.8 Å². The Bertz CT molecular complexity index is 1460. The van der Waals surface area contributed by atoms with Crippen LogP contribution in [0.5, 0.6) is 5.88 Å². The third-order valence-corrected chi connectivity index (χ3v) is 7.75. The van der Waals surface area contributed by atoms with Crippen molar-refractivity contribution in [2.75, 3.05) is 24.9 Å². The molecule has 0 saturated carbocycles. The molecule has 0 amide bonds. The first kappa shape index (κ1) is 23.1. The molecule has 0 atom stereocenters. The van der Waals surface area contributed by atoms with Crippen LogP contribution < -0.4 is 4.72 Å². The van der Waals surface area contributed by atoms with Crippen molar-refractivity contribution < 1.29 is 13.5 Å². The lowest BCUT2D eigenvalue weighted by atomic mass is 9.99. The summed E-state index contributed by atoms with van der Waals surface area (Å²) in [7, 11) is -1.72. The molecule has 1 saturated heterocycles. The smallest absolute Gasteiger partial charge is 0.261 e. The summed E-state index contributed by atoms with van der Waals surface area (Å²) in [6.07, 6.45) is 1.85. The van der Waals surface area contributed by atoms with Crippen LogP contribution in [0.2, 0.25) is 0 Å². The topological polar surface area (TPSA) is 97.8 Å². The van der Waals surface area contributed by atoms with E-state index in [-0.39, 0.29) is 16.8 Å². The quantitative estimate of drug-likeness (QED) is 0.345. The average molecular weight is 489 g/mol. The Kier molecular flexibility index (Phi) is 6.32. The molecule has 0 unspecified atom stereocenters. The molecule has 1 aliphatic heterocycles. The number of aromatic nitrogens is 1. The van der Waals surface area contributed by atoms with E-state index in [0.717, 1.165) is 31.5 Å². The summed E-state index contributed by atoms with van der Waals surface area (Å²) < 4.78 is 28.9. The number of H-pyrrole nitrogens is 1. The maximum Gasteiger partial charge on any atom is 0.261 e. The van der Waals surface area contributed by atoms with Crippen molar-refractivity contribution in [3.05, 3.63) is 90.0 Å². The lowest BCUT2D eigenvalue weighted by Gasteiger charge is -2.27. The second-order valence-electron chi connectivity index (χ2n) is 8.91. The molecule has 5 rings (SSSR count). The first-order valence-electron chi connectivity index (χ1n) is 11.7. The van der Waals surface area contributed by atoms with E-state index in [4.69, 9.17) is 4.99 Å².